The van der Waals surface area contributed by atoms with Crippen LogP contribution in [0.2, 0.25) is 0 Å². The predicted molar refractivity (Wildman–Crippen MR) is 29.3 cm³/mol. The van der Waals surface area contributed by atoms with Gasteiger partial charge in [0.1, 0.15) is 13.2 Å². The van der Waals surface area contributed by atoms with Gasteiger partial charge < -0.3 is 14.5 Å². The van der Waals surface area contributed by atoms with Crippen LogP contribution in [0.5, 0.6) is 0 Å². The van der Waals surface area contributed by atoms with Gasteiger partial charge in [-0.3, -0.25) is 9.36 Å². The van der Waals surface area contributed by atoms with Gasteiger partial charge in [-0.25, -0.2) is 0 Å². The first-order valence-corrected chi connectivity index (χ1v) is 3.41. The van der Waals surface area contributed by atoms with Gasteiger partial charge in [0.15, 0.2) is 5.78 Å². The van der Waals surface area contributed by atoms with Crippen LogP contribution in [-0.4, -0.2) is 29.0 Å². The number of hydrogen-bond donors (Lipinski definition) is 2. The van der Waals surface area contributed by atoms with Crippen LogP contribution in [-0.2, 0) is 13.9 Å². The maximum absolute atomic E-state index is 10.1. The minimum Gasteiger partial charge on any atom is -0.388 e. The second-order valence-electron chi connectivity index (χ2n) is 1.25. The summed E-state index contributed by atoms with van der Waals surface area (Å²) in [5, 5.41) is 8.05. The third-order valence-electron chi connectivity index (χ3n) is 0.533. The van der Waals surface area contributed by atoms with Crippen molar-refractivity contribution >= 4 is 14.0 Å². The Bertz CT molecular complexity index is 121. The van der Waals surface area contributed by atoms with Crippen molar-refractivity contribution in [3.8, 4) is 0 Å². The quantitative estimate of drug-likeness (QED) is 0.504. The van der Waals surface area contributed by atoms with Crippen LogP contribution in [0.25, 0.3) is 0 Å². The highest BCUT2D eigenvalue weighted by Crippen LogP contribution is 2.12. The summed E-state index contributed by atoms with van der Waals surface area (Å²) in [6.45, 7) is -1.15. The van der Waals surface area contributed by atoms with Crippen molar-refractivity contribution in [2.45, 2.75) is 0 Å². The van der Waals surface area contributed by atoms with Crippen LogP contribution in [0.15, 0.2) is 0 Å². The van der Waals surface area contributed by atoms with Crippen molar-refractivity contribution in [3.05, 3.63) is 0 Å². The summed E-state index contributed by atoms with van der Waals surface area (Å²) in [6.07, 6.45) is 0. The van der Waals surface area contributed by atoms with E-state index in [0.717, 1.165) is 0 Å². The Hall–Kier alpha value is -0.220. The summed E-state index contributed by atoms with van der Waals surface area (Å²) in [6, 6.07) is 0. The molecule has 0 fully saturated rings. The molecule has 0 saturated heterocycles. The lowest BCUT2D eigenvalue weighted by molar-refractivity contribution is -0.123. The molecule has 54 valence electrons. The minimum atomic E-state index is -3.02. The zero-order valence-corrected chi connectivity index (χ0v) is 5.53. The Labute approximate surface area is 52.2 Å². The first kappa shape index (κ1) is 8.78. The Morgan fingerprint density at radius 2 is 2.22 bits per heavy atom. The van der Waals surface area contributed by atoms with Crippen molar-refractivity contribution in [2.24, 2.45) is 0 Å². The fourth-order valence-corrected chi connectivity index (χ4v) is 0.472. The lowest BCUT2D eigenvalue weighted by atomic mass is 10.5. The highest BCUT2D eigenvalue weighted by atomic mass is 31.1. The number of carbonyl (C=O) groups is 1. The van der Waals surface area contributed by atoms with Gasteiger partial charge in [-0.05, 0) is 0 Å². The van der Waals surface area contributed by atoms with Crippen molar-refractivity contribution in [3.63, 3.8) is 0 Å². The number of ketones is 1. The van der Waals surface area contributed by atoms with E-state index in [4.69, 9.17) is 10.00 Å². The van der Waals surface area contributed by atoms with Crippen LogP contribution >= 0.6 is 8.25 Å². The summed E-state index contributed by atoms with van der Waals surface area (Å²) in [4.78, 5) is 18.1. The standard InChI is InChI=1S/C3H7O5P/c4-1-3(5)2-8-9(6)7/h4,9H,1-2H2,(H,6,7). The summed E-state index contributed by atoms with van der Waals surface area (Å²) in [7, 11) is -3.02. The maximum atomic E-state index is 10.1. The van der Waals surface area contributed by atoms with Gasteiger partial charge in [0.2, 0.25) is 0 Å². The highest BCUT2D eigenvalue weighted by molar-refractivity contribution is 7.32. The molecule has 0 aliphatic heterocycles. The molecular formula is C3H7O5P. The lowest BCUT2D eigenvalue weighted by Crippen LogP contribution is -2.09. The van der Waals surface area contributed by atoms with Crippen molar-refractivity contribution in [1.82, 2.24) is 0 Å². The smallest absolute Gasteiger partial charge is 0.317 e. The van der Waals surface area contributed by atoms with Crippen LogP contribution in [0, 0.1) is 0 Å². The van der Waals surface area contributed by atoms with E-state index < -0.39 is 27.3 Å². The van der Waals surface area contributed by atoms with Crippen LogP contribution in [0.3, 0.4) is 0 Å². The molecule has 5 nitrogen and oxygen atoms in total. The molecule has 6 heteroatoms. The SMILES string of the molecule is O=C(CO)CO[PH](=O)O. The van der Waals surface area contributed by atoms with Crippen molar-refractivity contribution in [2.75, 3.05) is 13.2 Å². The van der Waals surface area contributed by atoms with E-state index in [-0.39, 0.29) is 0 Å². The molecule has 0 aliphatic carbocycles. The second kappa shape index (κ2) is 4.64. The molecule has 9 heavy (non-hydrogen) atoms. The number of hydrogen-bond acceptors (Lipinski definition) is 4. The molecule has 0 spiro atoms. The average molecular weight is 154 g/mol. The Morgan fingerprint density at radius 3 is 2.56 bits per heavy atom. The largest absolute Gasteiger partial charge is 0.388 e. The lowest BCUT2D eigenvalue weighted by Gasteiger charge is -1.93. The fourth-order valence-electron chi connectivity index (χ4n) is 0.188. The van der Waals surface area contributed by atoms with Crippen molar-refractivity contribution < 1.29 is 23.9 Å². The Balaban J connectivity index is 3.28. The van der Waals surface area contributed by atoms with Crippen LogP contribution in [0.4, 0.5) is 0 Å². The molecule has 1 unspecified atom stereocenters. The fraction of sp³-hybridized carbons (Fsp3) is 0.667. The first-order chi connectivity index (χ1) is 4.16. The van der Waals surface area contributed by atoms with Crippen LogP contribution in [0.1, 0.15) is 0 Å². The van der Waals surface area contributed by atoms with E-state index in [1.165, 1.54) is 0 Å². The van der Waals surface area contributed by atoms with Gasteiger partial charge in [-0.15, -0.1) is 0 Å². The molecule has 0 saturated carbocycles. The number of carbonyl (C=O) groups excluding carboxylic acids is 1. The Kier molecular flexibility index (Phi) is 4.53. The van der Waals surface area contributed by atoms with Gasteiger partial charge in [-0.2, -0.15) is 0 Å². The third-order valence-corrected chi connectivity index (χ3v) is 0.924. The highest BCUT2D eigenvalue weighted by Gasteiger charge is 1.99. The van der Waals surface area contributed by atoms with E-state index in [2.05, 4.69) is 4.52 Å². The van der Waals surface area contributed by atoms with Gasteiger partial charge in [0, 0.05) is 0 Å². The van der Waals surface area contributed by atoms with E-state index in [9.17, 15) is 9.36 Å². The topological polar surface area (TPSA) is 83.8 Å². The van der Waals surface area contributed by atoms with E-state index in [1.807, 2.05) is 0 Å². The molecule has 0 aromatic rings. The van der Waals surface area contributed by atoms with Gasteiger partial charge >= 0.3 is 8.25 Å². The van der Waals surface area contributed by atoms with Gasteiger partial charge in [0.05, 0.1) is 0 Å². The molecule has 0 heterocycles. The molecular weight excluding hydrogens is 147 g/mol. The molecule has 0 aromatic heterocycles. The monoisotopic (exact) mass is 154 g/mol. The average Bonchev–Trinajstić information content (AvgIpc) is 1.83. The summed E-state index contributed by atoms with van der Waals surface area (Å²) in [5.74, 6) is -0.609. The van der Waals surface area contributed by atoms with E-state index in [0.29, 0.717) is 0 Å². The number of rotatable bonds is 4. The second-order valence-corrected chi connectivity index (χ2v) is 2.07. The molecule has 2 N–H and O–H groups in total. The molecule has 0 amide bonds. The van der Waals surface area contributed by atoms with E-state index in [1.54, 1.807) is 0 Å². The summed E-state index contributed by atoms with van der Waals surface area (Å²) in [5.41, 5.74) is 0. The van der Waals surface area contributed by atoms with Gasteiger partial charge in [-0.1, -0.05) is 0 Å². The first-order valence-electron chi connectivity index (χ1n) is 2.15. The van der Waals surface area contributed by atoms with E-state index >= 15 is 0 Å². The molecule has 0 bridgehead atoms. The summed E-state index contributed by atoms with van der Waals surface area (Å²) >= 11 is 0. The molecule has 0 radical (unpaired) electrons. The number of aliphatic hydroxyl groups is 1. The molecule has 0 aliphatic rings. The minimum absolute atomic E-state index is 0.495. The summed E-state index contributed by atoms with van der Waals surface area (Å²) < 4.78 is 13.7. The van der Waals surface area contributed by atoms with Crippen LogP contribution < -0.4 is 0 Å². The molecule has 1 atom stereocenters. The number of aliphatic hydroxyl groups excluding tert-OH is 1. The zero-order valence-electron chi connectivity index (χ0n) is 4.53. The zero-order chi connectivity index (χ0) is 7.28. The Morgan fingerprint density at radius 1 is 1.67 bits per heavy atom. The van der Waals surface area contributed by atoms with Gasteiger partial charge in [0.25, 0.3) is 0 Å². The van der Waals surface area contributed by atoms with Crippen molar-refractivity contribution in [1.29, 1.82) is 0 Å². The predicted octanol–water partition coefficient (Wildman–Crippen LogP) is -1.05. The number of Topliss-reactive ketones (excluding diaryl/α,β-unsaturated/α-hetero) is 1. The molecule has 0 aromatic carbocycles. The molecule has 0 rings (SSSR count). The maximum Gasteiger partial charge on any atom is 0.317 e. The normalized spacial score (nSPS) is 13.1. The third kappa shape index (κ3) is 5.65.